The van der Waals surface area contributed by atoms with Gasteiger partial charge in [0.15, 0.2) is 0 Å². The summed E-state index contributed by atoms with van der Waals surface area (Å²) in [6.07, 6.45) is 1.07. The van der Waals surface area contributed by atoms with Gasteiger partial charge in [0.05, 0.1) is 11.7 Å². The lowest BCUT2D eigenvalue weighted by Gasteiger charge is -2.14. The SMILES string of the molecule is CC(C)Oc1ccc(Cl)cc1C(=O)NC1CC1C. The molecule has 0 heterocycles. The van der Waals surface area contributed by atoms with E-state index in [0.29, 0.717) is 28.3 Å². The first kappa shape index (κ1) is 13.2. The maximum absolute atomic E-state index is 12.1. The van der Waals surface area contributed by atoms with Crippen molar-refractivity contribution in [1.82, 2.24) is 5.32 Å². The van der Waals surface area contributed by atoms with Gasteiger partial charge in [-0.15, -0.1) is 0 Å². The monoisotopic (exact) mass is 267 g/mol. The predicted molar refractivity (Wildman–Crippen MR) is 72.3 cm³/mol. The van der Waals surface area contributed by atoms with Gasteiger partial charge in [0.25, 0.3) is 5.91 Å². The van der Waals surface area contributed by atoms with Gasteiger partial charge in [-0.05, 0) is 44.4 Å². The molecule has 1 aliphatic rings. The van der Waals surface area contributed by atoms with Crippen LogP contribution < -0.4 is 10.1 Å². The molecule has 1 fully saturated rings. The first-order valence-corrected chi connectivity index (χ1v) is 6.62. The molecule has 1 aliphatic carbocycles. The van der Waals surface area contributed by atoms with Crippen LogP contribution >= 0.6 is 11.6 Å². The number of carbonyl (C=O) groups excluding carboxylic acids is 1. The van der Waals surface area contributed by atoms with E-state index in [1.54, 1.807) is 18.2 Å². The fraction of sp³-hybridized carbons (Fsp3) is 0.500. The van der Waals surface area contributed by atoms with E-state index in [4.69, 9.17) is 16.3 Å². The second-order valence-electron chi connectivity index (χ2n) is 5.10. The van der Waals surface area contributed by atoms with Crippen LogP contribution in [0.3, 0.4) is 0 Å². The zero-order valence-corrected chi connectivity index (χ0v) is 11.6. The fourth-order valence-corrected chi connectivity index (χ4v) is 1.98. The Balaban J connectivity index is 2.18. The van der Waals surface area contributed by atoms with Crippen molar-refractivity contribution in [2.45, 2.75) is 39.3 Å². The summed E-state index contributed by atoms with van der Waals surface area (Å²) >= 11 is 5.94. The number of nitrogens with one attached hydrogen (secondary N) is 1. The van der Waals surface area contributed by atoms with E-state index in [0.717, 1.165) is 6.42 Å². The first-order chi connectivity index (χ1) is 8.47. The van der Waals surface area contributed by atoms with Crippen LogP contribution in [0.15, 0.2) is 18.2 Å². The molecule has 0 aliphatic heterocycles. The summed E-state index contributed by atoms with van der Waals surface area (Å²) < 4.78 is 5.63. The molecular formula is C14H18ClNO2. The summed E-state index contributed by atoms with van der Waals surface area (Å²) in [5.41, 5.74) is 0.510. The molecule has 0 spiro atoms. The number of rotatable bonds is 4. The quantitative estimate of drug-likeness (QED) is 0.909. The summed E-state index contributed by atoms with van der Waals surface area (Å²) in [5, 5.41) is 3.52. The third-order valence-corrected chi connectivity index (χ3v) is 3.21. The highest BCUT2D eigenvalue weighted by Gasteiger charge is 2.34. The van der Waals surface area contributed by atoms with E-state index in [1.165, 1.54) is 0 Å². The molecule has 98 valence electrons. The highest BCUT2D eigenvalue weighted by molar-refractivity contribution is 6.31. The number of hydrogen-bond donors (Lipinski definition) is 1. The van der Waals surface area contributed by atoms with E-state index >= 15 is 0 Å². The zero-order valence-electron chi connectivity index (χ0n) is 10.9. The van der Waals surface area contributed by atoms with Crippen LogP contribution in [0.1, 0.15) is 37.6 Å². The number of hydrogen-bond acceptors (Lipinski definition) is 2. The van der Waals surface area contributed by atoms with Gasteiger partial charge in [-0.3, -0.25) is 4.79 Å². The third kappa shape index (κ3) is 3.16. The molecule has 1 saturated carbocycles. The largest absolute Gasteiger partial charge is 0.490 e. The van der Waals surface area contributed by atoms with E-state index < -0.39 is 0 Å². The van der Waals surface area contributed by atoms with Gasteiger partial charge in [0, 0.05) is 11.1 Å². The van der Waals surface area contributed by atoms with Crippen molar-refractivity contribution < 1.29 is 9.53 Å². The minimum absolute atomic E-state index is 0.0255. The highest BCUT2D eigenvalue weighted by Crippen LogP contribution is 2.30. The fourth-order valence-electron chi connectivity index (χ4n) is 1.81. The zero-order chi connectivity index (χ0) is 13.3. The van der Waals surface area contributed by atoms with Crippen LogP contribution in [-0.2, 0) is 0 Å². The Kier molecular flexibility index (Phi) is 3.81. The summed E-state index contributed by atoms with van der Waals surface area (Å²) in [6.45, 7) is 5.98. The lowest BCUT2D eigenvalue weighted by Crippen LogP contribution is -2.27. The van der Waals surface area contributed by atoms with Crippen molar-refractivity contribution in [2.24, 2.45) is 5.92 Å². The Morgan fingerprint density at radius 1 is 1.50 bits per heavy atom. The van der Waals surface area contributed by atoms with Crippen LogP contribution in [-0.4, -0.2) is 18.1 Å². The summed E-state index contributed by atoms with van der Waals surface area (Å²) in [4.78, 5) is 12.1. The lowest BCUT2D eigenvalue weighted by atomic mass is 10.2. The van der Waals surface area contributed by atoms with Crippen molar-refractivity contribution >= 4 is 17.5 Å². The Bertz CT molecular complexity index is 459. The lowest BCUT2D eigenvalue weighted by molar-refractivity contribution is 0.0943. The number of benzene rings is 1. The Hall–Kier alpha value is -1.22. The first-order valence-electron chi connectivity index (χ1n) is 6.24. The van der Waals surface area contributed by atoms with Gasteiger partial charge < -0.3 is 10.1 Å². The topological polar surface area (TPSA) is 38.3 Å². The number of amides is 1. The normalized spacial score (nSPS) is 21.8. The third-order valence-electron chi connectivity index (χ3n) is 2.97. The van der Waals surface area contributed by atoms with Crippen molar-refractivity contribution in [3.63, 3.8) is 0 Å². The molecule has 1 aromatic rings. The number of carbonyl (C=O) groups is 1. The average molecular weight is 268 g/mol. The van der Waals surface area contributed by atoms with Crippen LogP contribution in [0.2, 0.25) is 5.02 Å². The molecule has 1 aromatic carbocycles. The average Bonchev–Trinajstić information content (AvgIpc) is 2.96. The van der Waals surface area contributed by atoms with Crippen molar-refractivity contribution in [2.75, 3.05) is 0 Å². The molecule has 2 unspecified atom stereocenters. The van der Waals surface area contributed by atoms with Crippen molar-refractivity contribution in [3.8, 4) is 5.75 Å². The molecule has 1 amide bonds. The van der Waals surface area contributed by atoms with Gasteiger partial charge in [-0.1, -0.05) is 18.5 Å². The van der Waals surface area contributed by atoms with Crippen LogP contribution in [0.4, 0.5) is 0 Å². The molecule has 18 heavy (non-hydrogen) atoms. The van der Waals surface area contributed by atoms with E-state index in [1.807, 2.05) is 13.8 Å². The van der Waals surface area contributed by atoms with Gasteiger partial charge in [0.2, 0.25) is 0 Å². The van der Waals surface area contributed by atoms with Crippen molar-refractivity contribution in [3.05, 3.63) is 28.8 Å². The maximum atomic E-state index is 12.1. The Labute approximate surface area is 112 Å². The standard InChI is InChI=1S/C14H18ClNO2/c1-8(2)18-13-5-4-10(15)7-11(13)14(17)16-12-6-9(12)3/h4-5,7-9,12H,6H2,1-3H3,(H,16,17). The van der Waals surface area contributed by atoms with Gasteiger partial charge in [-0.2, -0.15) is 0 Å². The molecule has 2 atom stereocenters. The minimum atomic E-state index is -0.109. The molecule has 2 rings (SSSR count). The maximum Gasteiger partial charge on any atom is 0.255 e. The highest BCUT2D eigenvalue weighted by atomic mass is 35.5. The molecule has 1 N–H and O–H groups in total. The second kappa shape index (κ2) is 5.19. The summed E-state index contributed by atoms with van der Waals surface area (Å²) in [6, 6.07) is 5.42. The minimum Gasteiger partial charge on any atom is -0.490 e. The van der Waals surface area contributed by atoms with E-state index in [2.05, 4.69) is 12.2 Å². The van der Waals surface area contributed by atoms with Crippen molar-refractivity contribution in [1.29, 1.82) is 0 Å². The number of halogens is 1. The smallest absolute Gasteiger partial charge is 0.255 e. The number of ether oxygens (including phenoxy) is 1. The Morgan fingerprint density at radius 2 is 2.17 bits per heavy atom. The van der Waals surface area contributed by atoms with Gasteiger partial charge in [0.1, 0.15) is 5.75 Å². The molecular weight excluding hydrogens is 250 g/mol. The molecule has 0 saturated heterocycles. The second-order valence-corrected chi connectivity index (χ2v) is 5.54. The van der Waals surface area contributed by atoms with Gasteiger partial charge in [-0.25, -0.2) is 0 Å². The van der Waals surface area contributed by atoms with E-state index in [-0.39, 0.29) is 12.0 Å². The van der Waals surface area contributed by atoms with Crippen LogP contribution in [0.25, 0.3) is 0 Å². The summed E-state index contributed by atoms with van der Waals surface area (Å²) in [7, 11) is 0. The van der Waals surface area contributed by atoms with E-state index in [9.17, 15) is 4.79 Å². The molecule has 0 aromatic heterocycles. The molecule has 4 heteroatoms. The van der Waals surface area contributed by atoms with Crippen LogP contribution in [0.5, 0.6) is 5.75 Å². The molecule has 0 radical (unpaired) electrons. The molecule has 0 bridgehead atoms. The predicted octanol–water partition coefficient (Wildman–Crippen LogP) is 3.27. The molecule has 3 nitrogen and oxygen atoms in total. The van der Waals surface area contributed by atoms with Crippen LogP contribution in [0, 0.1) is 5.92 Å². The Morgan fingerprint density at radius 3 is 2.72 bits per heavy atom. The van der Waals surface area contributed by atoms with Gasteiger partial charge >= 0.3 is 0 Å². The summed E-state index contributed by atoms with van der Waals surface area (Å²) in [5.74, 6) is 1.05.